The SMILES string of the molecule is C=C1C=C([O-])C=CC1.[Li+]. The van der Waals surface area contributed by atoms with Gasteiger partial charge in [0, 0.05) is 0 Å². The van der Waals surface area contributed by atoms with Crippen molar-refractivity contribution < 1.29 is 24.0 Å². The largest absolute Gasteiger partial charge is 1.00 e. The van der Waals surface area contributed by atoms with E-state index >= 15 is 0 Å². The third-order valence-electron chi connectivity index (χ3n) is 1.01. The van der Waals surface area contributed by atoms with Crippen LogP contribution in [0.4, 0.5) is 0 Å². The van der Waals surface area contributed by atoms with Crippen LogP contribution in [0.25, 0.3) is 0 Å². The van der Waals surface area contributed by atoms with Crippen molar-refractivity contribution in [2.75, 3.05) is 0 Å². The molecule has 0 saturated carbocycles. The predicted molar refractivity (Wildman–Crippen MR) is 31.0 cm³/mol. The summed E-state index contributed by atoms with van der Waals surface area (Å²) in [6, 6.07) is 0. The van der Waals surface area contributed by atoms with Crippen molar-refractivity contribution in [2.24, 2.45) is 0 Å². The summed E-state index contributed by atoms with van der Waals surface area (Å²) in [4.78, 5) is 0. The summed E-state index contributed by atoms with van der Waals surface area (Å²) in [6.45, 7) is 3.64. The molecule has 1 rings (SSSR count). The zero-order valence-electron chi connectivity index (χ0n) is 5.55. The van der Waals surface area contributed by atoms with Gasteiger partial charge < -0.3 is 5.11 Å². The van der Waals surface area contributed by atoms with Crippen LogP contribution >= 0.6 is 0 Å². The standard InChI is InChI=1S/C7H8O.Li/c1-6-3-2-4-7(8)5-6;/h2,4-5,8H,1,3H2;/q;+1/p-1. The van der Waals surface area contributed by atoms with Crippen molar-refractivity contribution in [3.05, 3.63) is 36.1 Å². The van der Waals surface area contributed by atoms with Crippen LogP contribution in [0.2, 0.25) is 0 Å². The Labute approximate surface area is 66.9 Å². The molecule has 42 valence electrons. The molecule has 2 heteroatoms. The summed E-state index contributed by atoms with van der Waals surface area (Å²) in [5, 5.41) is 10.5. The number of hydrogen-bond donors (Lipinski definition) is 0. The molecular formula is C7H7LiO. The quantitative estimate of drug-likeness (QED) is 0.326. The summed E-state index contributed by atoms with van der Waals surface area (Å²) >= 11 is 0. The van der Waals surface area contributed by atoms with E-state index in [0.717, 1.165) is 12.0 Å². The molecular weight excluding hydrogens is 107 g/mol. The fourth-order valence-corrected chi connectivity index (χ4v) is 0.635. The van der Waals surface area contributed by atoms with Gasteiger partial charge in [-0.25, -0.2) is 0 Å². The Morgan fingerprint density at radius 2 is 2.22 bits per heavy atom. The van der Waals surface area contributed by atoms with Crippen molar-refractivity contribution >= 4 is 0 Å². The van der Waals surface area contributed by atoms with Gasteiger partial charge in [-0.2, -0.15) is 0 Å². The maximum Gasteiger partial charge on any atom is 1.00 e. The number of allylic oxidation sites excluding steroid dienone is 4. The Morgan fingerprint density at radius 3 is 2.56 bits per heavy atom. The summed E-state index contributed by atoms with van der Waals surface area (Å²) < 4.78 is 0. The maximum absolute atomic E-state index is 10.5. The van der Waals surface area contributed by atoms with Gasteiger partial charge in [0.1, 0.15) is 0 Å². The zero-order chi connectivity index (χ0) is 5.98. The summed E-state index contributed by atoms with van der Waals surface area (Å²) in [6.07, 6.45) is 5.77. The molecule has 0 bridgehead atoms. The molecule has 1 aliphatic carbocycles. The second-order valence-corrected chi connectivity index (χ2v) is 1.81. The molecule has 0 fully saturated rings. The van der Waals surface area contributed by atoms with Gasteiger partial charge in [-0.1, -0.05) is 30.4 Å². The van der Waals surface area contributed by atoms with Crippen molar-refractivity contribution in [3.8, 4) is 0 Å². The molecule has 0 N–H and O–H groups in total. The molecule has 0 saturated heterocycles. The van der Waals surface area contributed by atoms with Crippen LogP contribution in [-0.4, -0.2) is 0 Å². The van der Waals surface area contributed by atoms with Gasteiger partial charge in [-0.05, 0) is 6.42 Å². The van der Waals surface area contributed by atoms with E-state index < -0.39 is 0 Å². The second kappa shape index (κ2) is 3.61. The van der Waals surface area contributed by atoms with Crippen LogP contribution in [0, 0.1) is 0 Å². The van der Waals surface area contributed by atoms with Crippen LogP contribution in [0.5, 0.6) is 0 Å². The molecule has 0 spiro atoms. The fraction of sp³-hybridized carbons (Fsp3) is 0.143. The molecule has 0 radical (unpaired) electrons. The van der Waals surface area contributed by atoms with E-state index in [-0.39, 0.29) is 24.6 Å². The van der Waals surface area contributed by atoms with Crippen LogP contribution < -0.4 is 24.0 Å². The average Bonchev–Trinajstić information content (AvgIpc) is 1.64. The molecule has 1 nitrogen and oxygen atoms in total. The third kappa shape index (κ3) is 2.60. The first-order chi connectivity index (χ1) is 3.79. The first-order valence-electron chi connectivity index (χ1n) is 2.52. The van der Waals surface area contributed by atoms with Gasteiger partial charge in [0.15, 0.2) is 0 Å². The van der Waals surface area contributed by atoms with E-state index in [1.54, 1.807) is 12.2 Å². The summed E-state index contributed by atoms with van der Waals surface area (Å²) in [5.74, 6) is 0.0567. The smallest absolute Gasteiger partial charge is 0.872 e. The van der Waals surface area contributed by atoms with E-state index in [1.807, 2.05) is 6.08 Å². The van der Waals surface area contributed by atoms with Gasteiger partial charge in [0.2, 0.25) is 0 Å². The normalized spacial score (nSPS) is 16.4. The Balaban J connectivity index is 0.000000640. The molecule has 0 aliphatic heterocycles. The molecule has 0 amide bonds. The zero-order valence-corrected chi connectivity index (χ0v) is 5.55. The van der Waals surface area contributed by atoms with Gasteiger partial charge in [0.05, 0.1) is 0 Å². The molecule has 0 aromatic carbocycles. The Morgan fingerprint density at radius 1 is 1.56 bits per heavy atom. The monoisotopic (exact) mass is 114 g/mol. The Hall–Kier alpha value is -0.383. The van der Waals surface area contributed by atoms with Crippen LogP contribution in [0.1, 0.15) is 6.42 Å². The van der Waals surface area contributed by atoms with Crippen LogP contribution in [0.3, 0.4) is 0 Å². The number of rotatable bonds is 0. The van der Waals surface area contributed by atoms with Gasteiger partial charge in [-0.15, -0.1) is 5.76 Å². The molecule has 1 aliphatic rings. The average molecular weight is 114 g/mol. The van der Waals surface area contributed by atoms with Gasteiger partial charge in [-0.3, -0.25) is 0 Å². The topological polar surface area (TPSA) is 23.1 Å². The van der Waals surface area contributed by atoms with E-state index in [1.165, 1.54) is 0 Å². The maximum atomic E-state index is 10.5. The van der Waals surface area contributed by atoms with Gasteiger partial charge in [0.25, 0.3) is 0 Å². The predicted octanol–water partition coefficient (Wildman–Crippen LogP) is -2.25. The molecule has 0 aromatic heterocycles. The molecule has 0 unspecified atom stereocenters. The first-order valence-corrected chi connectivity index (χ1v) is 2.52. The molecule has 9 heavy (non-hydrogen) atoms. The van der Waals surface area contributed by atoms with Crippen molar-refractivity contribution in [2.45, 2.75) is 6.42 Å². The molecule has 0 atom stereocenters. The van der Waals surface area contributed by atoms with Crippen molar-refractivity contribution in [1.82, 2.24) is 0 Å². The van der Waals surface area contributed by atoms with Crippen molar-refractivity contribution in [1.29, 1.82) is 0 Å². The second-order valence-electron chi connectivity index (χ2n) is 1.81. The summed E-state index contributed by atoms with van der Waals surface area (Å²) in [5.41, 5.74) is 0.900. The Bertz CT molecular complexity index is 168. The van der Waals surface area contributed by atoms with E-state index in [9.17, 15) is 5.11 Å². The van der Waals surface area contributed by atoms with Gasteiger partial charge >= 0.3 is 18.9 Å². The number of hydrogen-bond acceptors (Lipinski definition) is 1. The molecule has 0 aromatic rings. The minimum absolute atomic E-state index is 0. The third-order valence-corrected chi connectivity index (χ3v) is 1.01. The first kappa shape index (κ1) is 8.62. The Kier molecular flexibility index (Phi) is 3.45. The van der Waals surface area contributed by atoms with Crippen molar-refractivity contribution in [3.63, 3.8) is 0 Å². The van der Waals surface area contributed by atoms with Crippen LogP contribution in [0.15, 0.2) is 36.1 Å². The van der Waals surface area contributed by atoms with E-state index in [4.69, 9.17) is 0 Å². The molecule has 0 heterocycles. The minimum atomic E-state index is 0. The summed E-state index contributed by atoms with van der Waals surface area (Å²) in [7, 11) is 0. The fourth-order valence-electron chi connectivity index (χ4n) is 0.635. The van der Waals surface area contributed by atoms with E-state index in [2.05, 4.69) is 6.58 Å². The van der Waals surface area contributed by atoms with Crippen LogP contribution in [-0.2, 0) is 0 Å². The van der Waals surface area contributed by atoms with E-state index in [0.29, 0.717) is 0 Å². The minimum Gasteiger partial charge on any atom is -0.872 e.